The summed E-state index contributed by atoms with van der Waals surface area (Å²) >= 11 is 0. The van der Waals surface area contributed by atoms with E-state index in [2.05, 4.69) is 76.2 Å². The molecule has 0 unspecified atom stereocenters. The molecule has 5 aromatic rings. The minimum atomic E-state index is -0.329. The van der Waals surface area contributed by atoms with Crippen molar-refractivity contribution in [3.63, 3.8) is 0 Å². The van der Waals surface area contributed by atoms with Crippen LogP contribution >= 0.6 is 0 Å². The Morgan fingerprint density at radius 1 is 0.781 bits per heavy atom. The van der Waals surface area contributed by atoms with Crippen LogP contribution in [0.1, 0.15) is 33.3 Å². The van der Waals surface area contributed by atoms with Crippen molar-refractivity contribution >= 4 is 21.7 Å². The topological polar surface area (TPSA) is 35.3 Å². The van der Waals surface area contributed by atoms with Gasteiger partial charge in [0.2, 0.25) is 0 Å². The predicted molar refractivity (Wildman–Crippen MR) is 130 cm³/mol. The molecule has 2 aromatic heterocycles. The average molecular weight is 420 g/mol. The van der Waals surface area contributed by atoms with Gasteiger partial charge in [0.15, 0.2) is 0 Å². The van der Waals surface area contributed by atoms with Crippen molar-refractivity contribution in [2.75, 3.05) is 0 Å². The van der Waals surface area contributed by atoms with Crippen molar-refractivity contribution in [3.8, 4) is 28.3 Å². The van der Waals surface area contributed by atoms with Gasteiger partial charge in [-0.15, -0.1) is 0 Å². The first-order valence-electron chi connectivity index (χ1n) is 11.1. The van der Waals surface area contributed by atoms with Crippen LogP contribution in [0.5, 0.6) is 5.75 Å². The summed E-state index contributed by atoms with van der Waals surface area (Å²) in [5.41, 5.74) is 4.59. The molecule has 3 aromatic carbocycles. The maximum absolute atomic E-state index is 6.63. The molecule has 0 bridgehead atoms. The van der Waals surface area contributed by atoms with E-state index in [-0.39, 0.29) is 11.0 Å². The molecule has 3 nitrogen and oxygen atoms in total. The fraction of sp³-hybridized carbons (Fsp3) is 0.207. The van der Waals surface area contributed by atoms with Crippen LogP contribution in [0, 0.1) is 0 Å². The standard InChI is InChI=1S/C29H25NO2/c1-28(2)26-21-11-7-5-9-18(21)15-22(27(26)32-29(28,3)4)23-16-20(13-14-30-23)25-17-19-10-6-8-12-24(19)31-25/h5-17H,1-4H3. The molecule has 3 heteroatoms. The van der Waals surface area contributed by atoms with Crippen molar-refractivity contribution in [2.45, 2.75) is 38.7 Å². The van der Waals surface area contributed by atoms with Crippen LogP contribution in [-0.4, -0.2) is 10.6 Å². The first-order valence-corrected chi connectivity index (χ1v) is 11.1. The molecular formula is C29H25NO2. The van der Waals surface area contributed by atoms with Crippen LogP contribution in [0.25, 0.3) is 44.3 Å². The highest BCUT2D eigenvalue weighted by Gasteiger charge is 2.50. The van der Waals surface area contributed by atoms with Crippen molar-refractivity contribution in [2.24, 2.45) is 0 Å². The highest BCUT2D eigenvalue weighted by atomic mass is 16.5. The fourth-order valence-corrected chi connectivity index (χ4v) is 4.78. The molecule has 0 aliphatic carbocycles. The maximum Gasteiger partial charge on any atom is 0.135 e. The van der Waals surface area contributed by atoms with Crippen LogP contribution in [0.3, 0.4) is 0 Å². The summed E-state index contributed by atoms with van der Waals surface area (Å²) in [6.07, 6.45) is 1.85. The van der Waals surface area contributed by atoms with Gasteiger partial charge in [-0.2, -0.15) is 0 Å². The number of benzene rings is 3. The number of rotatable bonds is 2. The Balaban J connectivity index is 1.58. The highest BCUT2D eigenvalue weighted by Crippen LogP contribution is 2.55. The van der Waals surface area contributed by atoms with E-state index in [4.69, 9.17) is 14.1 Å². The highest BCUT2D eigenvalue weighted by molar-refractivity contribution is 5.96. The zero-order valence-corrected chi connectivity index (χ0v) is 18.8. The third-order valence-electron chi connectivity index (χ3n) is 7.23. The quantitative estimate of drug-likeness (QED) is 0.293. The Bertz CT molecular complexity index is 1470. The molecule has 1 aliphatic heterocycles. The van der Waals surface area contributed by atoms with E-state index >= 15 is 0 Å². The molecule has 3 heterocycles. The van der Waals surface area contributed by atoms with Gasteiger partial charge in [-0.1, -0.05) is 56.3 Å². The van der Waals surface area contributed by atoms with E-state index in [1.54, 1.807) is 0 Å². The van der Waals surface area contributed by atoms with E-state index in [1.807, 2.05) is 30.5 Å². The minimum Gasteiger partial charge on any atom is -0.486 e. The first-order chi connectivity index (χ1) is 15.3. The summed E-state index contributed by atoms with van der Waals surface area (Å²) in [7, 11) is 0. The number of hydrogen-bond donors (Lipinski definition) is 0. The lowest BCUT2D eigenvalue weighted by atomic mass is 9.72. The van der Waals surface area contributed by atoms with Gasteiger partial charge in [0, 0.05) is 33.7 Å². The zero-order chi connectivity index (χ0) is 22.1. The van der Waals surface area contributed by atoms with Crippen molar-refractivity contribution in [1.29, 1.82) is 0 Å². The molecule has 0 N–H and O–H groups in total. The third-order valence-corrected chi connectivity index (χ3v) is 7.23. The Kier molecular flexibility index (Phi) is 3.86. The zero-order valence-electron chi connectivity index (χ0n) is 18.8. The van der Waals surface area contributed by atoms with E-state index in [9.17, 15) is 0 Å². The van der Waals surface area contributed by atoms with E-state index in [1.165, 1.54) is 16.3 Å². The normalized spacial score (nSPS) is 16.2. The smallest absolute Gasteiger partial charge is 0.135 e. The molecule has 1 aliphatic rings. The Morgan fingerprint density at radius 2 is 1.53 bits per heavy atom. The summed E-state index contributed by atoms with van der Waals surface area (Å²) in [6.45, 7) is 8.88. The van der Waals surface area contributed by atoms with Gasteiger partial charge in [-0.25, -0.2) is 0 Å². The van der Waals surface area contributed by atoms with Gasteiger partial charge < -0.3 is 9.15 Å². The largest absolute Gasteiger partial charge is 0.486 e. The van der Waals surface area contributed by atoms with E-state index in [0.717, 1.165) is 39.3 Å². The monoisotopic (exact) mass is 419 g/mol. The SMILES string of the molecule is CC1(C)Oc2c(-c3cc(-c4cc5ccccc5o4)ccn3)cc3ccccc3c2C1(C)C. The molecule has 6 rings (SSSR count). The summed E-state index contributed by atoms with van der Waals surface area (Å²) < 4.78 is 12.7. The number of fused-ring (bicyclic) bond motifs is 4. The molecule has 0 saturated heterocycles. The molecule has 0 spiro atoms. The van der Waals surface area contributed by atoms with Crippen molar-refractivity contribution < 1.29 is 9.15 Å². The third kappa shape index (κ3) is 2.64. The van der Waals surface area contributed by atoms with Crippen LogP contribution in [0.2, 0.25) is 0 Å². The lowest BCUT2D eigenvalue weighted by Crippen LogP contribution is -2.42. The van der Waals surface area contributed by atoms with Gasteiger partial charge in [0.1, 0.15) is 22.7 Å². The number of hydrogen-bond acceptors (Lipinski definition) is 3. The molecule has 0 saturated carbocycles. The van der Waals surface area contributed by atoms with E-state index < -0.39 is 0 Å². The van der Waals surface area contributed by atoms with Crippen molar-refractivity contribution in [1.82, 2.24) is 4.98 Å². The van der Waals surface area contributed by atoms with Gasteiger partial charge in [-0.3, -0.25) is 4.98 Å². The van der Waals surface area contributed by atoms with Gasteiger partial charge >= 0.3 is 0 Å². The number of furan rings is 1. The molecule has 32 heavy (non-hydrogen) atoms. The van der Waals surface area contributed by atoms with Gasteiger partial charge in [-0.05, 0) is 55.0 Å². The van der Waals surface area contributed by atoms with Crippen LogP contribution in [0.4, 0.5) is 0 Å². The van der Waals surface area contributed by atoms with Crippen LogP contribution in [0.15, 0.2) is 83.4 Å². The Labute approximate surface area is 187 Å². The molecule has 0 amide bonds. The van der Waals surface area contributed by atoms with Crippen molar-refractivity contribution in [3.05, 3.63) is 84.6 Å². The second-order valence-corrected chi connectivity index (χ2v) is 9.66. The van der Waals surface area contributed by atoms with Crippen LogP contribution in [-0.2, 0) is 5.41 Å². The van der Waals surface area contributed by atoms with Gasteiger partial charge in [0.25, 0.3) is 0 Å². The first kappa shape index (κ1) is 19.1. The maximum atomic E-state index is 6.63. The number of ether oxygens (including phenoxy) is 1. The lowest BCUT2D eigenvalue weighted by molar-refractivity contribution is 0.0719. The lowest BCUT2D eigenvalue weighted by Gasteiger charge is -2.33. The second kappa shape index (κ2) is 6.46. The minimum absolute atomic E-state index is 0.145. The number of aromatic nitrogens is 1. The number of nitrogens with zero attached hydrogens (tertiary/aromatic N) is 1. The van der Waals surface area contributed by atoms with E-state index in [0.29, 0.717) is 0 Å². The summed E-state index contributed by atoms with van der Waals surface area (Å²) in [5.74, 6) is 1.78. The average Bonchev–Trinajstić information content (AvgIpc) is 3.30. The molecular weight excluding hydrogens is 394 g/mol. The molecule has 0 fully saturated rings. The van der Waals surface area contributed by atoms with Crippen LogP contribution < -0.4 is 4.74 Å². The fourth-order valence-electron chi connectivity index (χ4n) is 4.78. The summed E-state index contributed by atoms with van der Waals surface area (Å²) in [6, 6.07) is 25.0. The van der Waals surface area contributed by atoms with Gasteiger partial charge in [0.05, 0.1) is 5.69 Å². The Hall–Kier alpha value is -3.59. The summed E-state index contributed by atoms with van der Waals surface area (Å²) in [4.78, 5) is 4.75. The number of pyridine rings is 1. The Morgan fingerprint density at radius 3 is 2.34 bits per heavy atom. The molecule has 158 valence electrons. The predicted octanol–water partition coefficient (Wildman–Crippen LogP) is 7.76. The molecule has 0 radical (unpaired) electrons. The second-order valence-electron chi connectivity index (χ2n) is 9.66. The molecule has 0 atom stereocenters. The number of para-hydroxylation sites is 1. The summed E-state index contributed by atoms with van der Waals surface area (Å²) in [5, 5.41) is 3.54.